The van der Waals surface area contributed by atoms with Crippen molar-refractivity contribution in [2.24, 2.45) is 5.73 Å². The fourth-order valence-electron chi connectivity index (χ4n) is 5.95. The highest BCUT2D eigenvalue weighted by Crippen LogP contribution is 2.34. The maximum Gasteiger partial charge on any atom is 0.252 e. The second kappa shape index (κ2) is 12.6. The molecule has 6 atom stereocenters. The molecule has 2 aromatic carbocycles. The maximum atomic E-state index is 12.6. The minimum atomic E-state index is -1.47. The molecule has 2 aliphatic rings. The molecule has 2 fully saturated rings. The molecule has 6 rings (SSSR count). The van der Waals surface area contributed by atoms with Gasteiger partial charge in [-0.1, -0.05) is 60.7 Å². The van der Waals surface area contributed by atoms with Gasteiger partial charge in [0.25, 0.3) is 5.91 Å². The van der Waals surface area contributed by atoms with Crippen molar-refractivity contribution in [3.63, 3.8) is 0 Å². The summed E-state index contributed by atoms with van der Waals surface area (Å²) in [5.74, 6) is 0.287. The van der Waals surface area contributed by atoms with Gasteiger partial charge in [0.1, 0.15) is 12.2 Å². The van der Waals surface area contributed by atoms with Gasteiger partial charge < -0.3 is 36.6 Å². The predicted molar refractivity (Wildman–Crippen MR) is 162 cm³/mol. The number of carbonyl (C=O) groups is 1. The number of nitrogens with zero attached hydrogens (tertiary/aromatic N) is 4. The maximum absolute atomic E-state index is 12.6. The number of hydrogen-bond acceptors (Lipinski definition) is 10. The Morgan fingerprint density at radius 3 is 2.47 bits per heavy atom. The first kappa shape index (κ1) is 27.7. The highest BCUT2D eigenvalue weighted by molar-refractivity contribution is 5.85. The van der Waals surface area contributed by atoms with Crippen LogP contribution in [0.5, 0.6) is 0 Å². The SMILES string of the molecule is [2H]CCNC(=O)[C@H]1O[C@H](n2cnc3c(NCC(c4ccccc4)c4ccccc4)nc(N[C@H]4CC[C@H](N)C4)nc32)[C@H](O)[C@@H]1O. The molecule has 0 spiro atoms. The summed E-state index contributed by atoms with van der Waals surface area (Å²) in [6, 6.07) is 20.7. The van der Waals surface area contributed by atoms with Crippen LogP contribution in [0.25, 0.3) is 11.2 Å². The number of carbonyl (C=O) groups excluding carboxylic acids is 1. The van der Waals surface area contributed by atoms with E-state index in [9.17, 15) is 15.0 Å². The van der Waals surface area contributed by atoms with Crippen LogP contribution in [-0.2, 0) is 9.53 Å². The summed E-state index contributed by atoms with van der Waals surface area (Å²) in [7, 11) is 0. The Balaban J connectivity index is 1.34. The van der Waals surface area contributed by atoms with Gasteiger partial charge in [0.05, 0.1) is 6.33 Å². The third-order valence-electron chi connectivity index (χ3n) is 8.18. The molecule has 43 heavy (non-hydrogen) atoms. The van der Waals surface area contributed by atoms with Gasteiger partial charge in [0.15, 0.2) is 29.3 Å². The van der Waals surface area contributed by atoms with Gasteiger partial charge in [0.2, 0.25) is 5.95 Å². The van der Waals surface area contributed by atoms with Crippen LogP contribution in [0.2, 0.25) is 0 Å². The van der Waals surface area contributed by atoms with E-state index in [1.807, 2.05) is 36.4 Å². The zero-order valence-corrected chi connectivity index (χ0v) is 23.7. The van der Waals surface area contributed by atoms with Gasteiger partial charge in [-0.3, -0.25) is 9.36 Å². The van der Waals surface area contributed by atoms with Crippen molar-refractivity contribution in [1.29, 1.82) is 0 Å². The summed E-state index contributed by atoms with van der Waals surface area (Å²) >= 11 is 0. The number of anilines is 2. The van der Waals surface area contributed by atoms with Gasteiger partial charge >= 0.3 is 0 Å². The summed E-state index contributed by atoms with van der Waals surface area (Å²) in [4.78, 5) is 26.7. The highest BCUT2D eigenvalue weighted by atomic mass is 16.6. The minimum absolute atomic E-state index is 0.0174. The molecule has 1 aliphatic carbocycles. The number of hydrogen-bond donors (Lipinski definition) is 6. The third kappa shape index (κ3) is 6.04. The molecule has 1 saturated heterocycles. The zero-order valence-electron chi connectivity index (χ0n) is 24.7. The van der Waals surface area contributed by atoms with Crippen LogP contribution in [0.1, 0.15) is 50.8 Å². The number of nitrogens with two attached hydrogens (primary N) is 1. The predicted octanol–water partition coefficient (Wildman–Crippen LogP) is 2.12. The van der Waals surface area contributed by atoms with E-state index in [0.29, 0.717) is 29.5 Å². The van der Waals surface area contributed by atoms with Crippen molar-refractivity contribution in [2.45, 2.75) is 68.7 Å². The molecular weight excluding hydrogens is 548 g/mol. The number of likely N-dealkylation sites (N-methyl/N-ethyl adjacent to an activating group) is 1. The number of benzene rings is 2. The fraction of sp³-hybridized carbons (Fsp3) is 0.419. The molecule has 12 nitrogen and oxygen atoms in total. The Morgan fingerprint density at radius 2 is 1.81 bits per heavy atom. The quantitative estimate of drug-likeness (QED) is 0.161. The first-order valence-electron chi connectivity index (χ1n) is 15.3. The normalized spacial score (nSPS) is 25.6. The van der Waals surface area contributed by atoms with Crippen LogP contribution in [-0.4, -0.2) is 79.1 Å². The van der Waals surface area contributed by atoms with Crippen molar-refractivity contribution >= 4 is 28.8 Å². The third-order valence-corrected chi connectivity index (χ3v) is 8.18. The van der Waals surface area contributed by atoms with E-state index in [1.54, 1.807) is 0 Å². The topological polar surface area (TPSA) is 172 Å². The Labute approximate surface area is 251 Å². The van der Waals surface area contributed by atoms with E-state index in [4.69, 9.17) is 21.8 Å². The Bertz CT molecular complexity index is 1520. The van der Waals surface area contributed by atoms with E-state index < -0.39 is 30.4 Å². The largest absolute Gasteiger partial charge is 0.387 e. The number of imidazole rings is 1. The van der Waals surface area contributed by atoms with Crippen LogP contribution in [0.15, 0.2) is 67.0 Å². The molecule has 2 aromatic heterocycles. The van der Waals surface area contributed by atoms with E-state index in [0.717, 1.165) is 30.4 Å². The lowest BCUT2D eigenvalue weighted by atomic mass is 9.91. The van der Waals surface area contributed by atoms with Crippen LogP contribution in [0, 0.1) is 0 Å². The first-order valence-corrected chi connectivity index (χ1v) is 14.6. The van der Waals surface area contributed by atoms with E-state index in [2.05, 4.69) is 45.2 Å². The van der Waals surface area contributed by atoms with Crippen molar-refractivity contribution in [3.8, 4) is 0 Å². The number of amides is 1. The summed E-state index contributed by atoms with van der Waals surface area (Å²) < 4.78 is 14.7. The lowest BCUT2D eigenvalue weighted by molar-refractivity contribution is -0.137. The van der Waals surface area contributed by atoms with Crippen molar-refractivity contribution < 1.29 is 21.1 Å². The molecule has 0 unspecified atom stereocenters. The lowest BCUT2D eigenvalue weighted by Gasteiger charge is -2.20. The average molecular weight is 588 g/mol. The Morgan fingerprint density at radius 1 is 1.09 bits per heavy atom. The molecule has 1 aliphatic heterocycles. The van der Waals surface area contributed by atoms with E-state index >= 15 is 0 Å². The number of aromatic nitrogens is 4. The number of fused-ring (bicyclic) bond motifs is 1. The number of nitrogens with one attached hydrogen (secondary N) is 3. The lowest BCUT2D eigenvalue weighted by Crippen LogP contribution is -2.42. The molecule has 226 valence electrons. The number of aliphatic hydroxyl groups excluding tert-OH is 2. The minimum Gasteiger partial charge on any atom is -0.387 e. The van der Waals surface area contributed by atoms with Gasteiger partial charge in [-0.25, -0.2) is 4.98 Å². The molecule has 7 N–H and O–H groups in total. The second-order valence-corrected chi connectivity index (χ2v) is 11.1. The summed E-state index contributed by atoms with van der Waals surface area (Å²) in [5.41, 5.74) is 9.27. The Kier molecular flexibility index (Phi) is 8.15. The van der Waals surface area contributed by atoms with Crippen LogP contribution in [0.3, 0.4) is 0 Å². The average Bonchev–Trinajstić information content (AvgIpc) is 3.74. The first-order chi connectivity index (χ1) is 21.4. The second-order valence-electron chi connectivity index (χ2n) is 11.1. The smallest absolute Gasteiger partial charge is 0.252 e. The van der Waals surface area contributed by atoms with Gasteiger partial charge in [-0.15, -0.1) is 0 Å². The molecule has 12 heteroatoms. The molecule has 1 saturated carbocycles. The van der Waals surface area contributed by atoms with Crippen molar-refractivity contribution in [3.05, 3.63) is 78.1 Å². The van der Waals surface area contributed by atoms with E-state index in [1.165, 1.54) is 10.9 Å². The molecule has 1 amide bonds. The van der Waals surface area contributed by atoms with Crippen molar-refractivity contribution in [2.75, 3.05) is 23.7 Å². The standard InChI is InChI=1S/C31H38N8O4/c1-2-33-29(42)26-24(40)25(41)30(43-26)39-17-35-23-27(37-31(38-28(23)39)36-21-14-13-20(32)15-21)34-16-22(18-9-5-3-6-10-18)19-11-7-4-8-12-19/h3-12,17,20-22,24-26,30,40-41H,2,13-16,32H2,1H3,(H,33,42)(H2,34,36,37,38)/t20-,21-,24-,25+,26-,30-/m0/s1/i1D. The van der Waals surface area contributed by atoms with Gasteiger partial charge in [-0.2, -0.15) is 9.97 Å². The van der Waals surface area contributed by atoms with Gasteiger partial charge in [0, 0.05) is 32.5 Å². The van der Waals surface area contributed by atoms with Crippen molar-refractivity contribution in [1.82, 2.24) is 24.8 Å². The molecule has 3 heterocycles. The van der Waals surface area contributed by atoms with Gasteiger partial charge in [-0.05, 0) is 37.3 Å². The van der Waals surface area contributed by atoms with Crippen LogP contribution < -0.4 is 21.7 Å². The molecular formula is C31H38N8O4. The number of rotatable bonds is 10. The van der Waals surface area contributed by atoms with Crippen LogP contribution in [0.4, 0.5) is 11.8 Å². The molecule has 0 bridgehead atoms. The zero-order chi connectivity index (χ0) is 30.6. The highest BCUT2D eigenvalue weighted by Gasteiger charge is 2.47. The van der Waals surface area contributed by atoms with Crippen LogP contribution >= 0.6 is 0 Å². The summed E-state index contributed by atoms with van der Waals surface area (Å²) in [6.07, 6.45) is -1.28. The number of ether oxygens (including phenoxy) is 1. The number of aliphatic hydroxyl groups is 2. The summed E-state index contributed by atoms with van der Waals surface area (Å²) in [5, 5.41) is 31.1. The molecule has 0 radical (unpaired) electrons. The van der Waals surface area contributed by atoms with E-state index in [-0.39, 0.29) is 31.4 Å². The monoisotopic (exact) mass is 587 g/mol. The molecule has 4 aromatic rings. The Hall–Kier alpha value is -4.10. The fourth-order valence-corrected chi connectivity index (χ4v) is 5.95. The summed E-state index contributed by atoms with van der Waals surface area (Å²) in [6.45, 7) is 0.603.